The topological polar surface area (TPSA) is 263 Å². The zero-order valence-electron chi connectivity index (χ0n) is 28.3. The van der Waals surface area contributed by atoms with Gasteiger partial charge in [0.15, 0.2) is 41.7 Å². The van der Waals surface area contributed by atoms with E-state index in [-0.39, 0.29) is 30.3 Å². The standard InChI is InChI=1S/C35H45NO16/c1-17-27(42)28(43)29(44)35(49-17)52-32-30(45)34(47-12-10-19-5-8-22(38)24(40)14-19)50-25(31(32)51-33(46)20-3-2-11-36-15-20)16-48-26(41)9-6-18-4-7-21(37)23(39)13-18/h4-9,13-14,17,20,25,27-32,34-40,42-45H,2-3,10-12,15-16H2,1H3/b9-6+/t17?,20?,25?,27-,28?,29+,30+,31-,32?,34-,35+/m1/s1. The second kappa shape index (κ2) is 17.7. The van der Waals surface area contributed by atoms with Gasteiger partial charge in [0.2, 0.25) is 0 Å². The van der Waals surface area contributed by atoms with Crippen LogP contribution in [0.5, 0.6) is 23.0 Å². The molecule has 0 aliphatic carbocycles. The fraction of sp³-hybridized carbons (Fsp3) is 0.543. The van der Waals surface area contributed by atoms with Crippen LogP contribution < -0.4 is 5.32 Å². The Bertz CT molecular complexity index is 1550. The third-order valence-electron chi connectivity index (χ3n) is 9.11. The number of phenolic OH excluding ortho intramolecular Hbond substituents is 4. The summed E-state index contributed by atoms with van der Waals surface area (Å²) in [6.45, 7) is 1.81. The molecule has 52 heavy (non-hydrogen) atoms. The van der Waals surface area contributed by atoms with Gasteiger partial charge in [-0.15, -0.1) is 0 Å². The van der Waals surface area contributed by atoms with Crippen molar-refractivity contribution in [1.29, 1.82) is 0 Å². The van der Waals surface area contributed by atoms with Crippen molar-refractivity contribution in [2.75, 3.05) is 26.3 Å². The Morgan fingerprint density at radius 2 is 1.60 bits per heavy atom. The van der Waals surface area contributed by atoms with Gasteiger partial charge in [-0.3, -0.25) is 4.79 Å². The summed E-state index contributed by atoms with van der Waals surface area (Å²) in [5.41, 5.74) is 0.939. The van der Waals surface area contributed by atoms with Crippen LogP contribution in [0.1, 0.15) is 30.9 Å². The number of phenols is 4. The summed E-state index contributed by atoms with van der Waals surface area (Å²) >= 11 is 0. The maximum Gasteiger partial charge on any atom is 0.330 e. The molecule has 17 nitrogen and oxygen atoms in total. The highest BCUT2D eigenvalue weighted by Gasteiger charge is 2.53. The molecule has 17 heteroatoms. The van der Waals surface area contributed by atoms with E-state index in [1.807, 2.05) is 0 Å². The van der Waals surface area contributed by atoms with Crippen molar-refractivity contribution >= 4 is 18.0 Å². The van der Waals surface area contributed by atoms with Crippen LogP contribution in [-0.2, 0) is 44.4 Å². The minimum Gasteiger partial charge on any atom is -0.504 e. The van der Waals surface area contributed by atoms with Gasteiger partial charge in [0.1, 0.15) is 43.2 Å². The van der Waals surface area contributed by atoms with E-state index in [0.29, 0.717) is 37.1 Å². The van der Waals surface area contributed by atoms with Crippen molar-refractivity contribution in [2.24, 2.45) is 5.92 Å². The summed E-state index contributed by atoms with van der Waals surface area (Å²) in [5, 5.41) is 84.9. The van der Waals surface area contributed by atoms with E-state index in [1.165, 1.54) is 43.3 Å². The maximum atomic E-state index is 13.4. The van der Waals surface area contributed by atoms with Crippen LogP contribution >= 0.6 is 0 Å². The molecule has 3 aliphatic rings. The first-order valence-electron chi connectivity index (χ1n) is 16.9. The molecule has 2 aromatic carbocycles. The number of esters is 2. The van der Waals surface area contributed by atoms with E-state index in [4.69, 9.17) is 28.4 Å². The van der Waals surface area contributed by atoms with E-state index in [2.05, 4.69) is 5.32 Å². The van der Waals surface area contributed by atoms with Gasteiger partial charge in [0.05, 0.1) is 18.6 Å². The van der Waals surface area contributed by atoms with Gasteiger partial charge in [-0.1, -0.05) is 12.1 Å². The molecule has 9 N–H and O–H groups in total. The summed E-state index contributed by atoms with van der Waals surface area (Å²) in [7, 11) is 0. The molecule has 0 bridgehead atoms. The minimum atomic E-state index is -1.79. The van der Waals surface area contributed by atoms with Crippen LogP contribution in [0, 0.1) is 5.92 Å². The van der Waals surface area contributed by atoms with E-state index >= 15 is 0 Å². The molecule has 3 fully saturated rings. The first kappa shape index (κ1) is 39.2. The second-order valence-corrected chi connectivity index (χ2v) is 12.9. The Kier molecular flexibility index (Phi) is 13.3. The van der Waals surface area contributed by atoms with Crippen molar-refractivity contribution in [1.82, 2.24) is 5.32 Å². The molecule has 0 saturated carbocycles. The highest BCUT2D eigenvalue weighted by atomic mass is 16.7. The quantitative estimate of drug-likeness (QED) is 0.0758. The number of ether oxygens (including phenoxy) is 6. The first-order valence-corrected chi connectivity index (χ1v) is 16.9. The average Bonchev–Trinajstić information content (AvgIpc) is 3.13. The van der Waals surface area contributed by atoms with E-state index < -0.39 is 91.6 Å². The molecule has 3 saturated heterocycles. The number of nitrogens with one attached hydrogen (secondary N) is 1. The number of aliphatic hydroxyl groups excluding tert-OH is 4. The monoisotopic (exact) mass is 735 g/mol. The Morgan fingerprint density at radius 1 is 0.865 bits per heavy atom. The normalized spacial score (nSPS) is 32.4. The van der Waals surface area contributed by atoms with Crippen molar-refractivity contribution in [2.45, 2.75) is 87.6 Å². The van der Waals surface area contributed by atoms with Crippen molar-refractivity contribution < 1.29 is 78.9 Å². The van der Waals surface area contributed by atoms with Gasteiger partial charge in [-0.25, -0.2) is 4.79 Å². The number of aromatic hydroxyl groups is 4. The number of benzene rings is 2. The number of hydrogen-bond donors (Lipinski definition) is 9. The first-order chi connectivity index (χ1) is 24.8. The van der Waals surface area contributed by atoms with E-state index in [0.717, 1.165) is 6.08 Å². The predicted octanol–water partition coefficient (Wildman–Crippen LogP) is -0.465. The molecule has 5 unspecified atom stereocenters. The van der Waals surface area contributed by atoms with E-state index in [9.17, 15) is 50.4 Å². The number of carbonyl (C=O) groups is 2. The Balaban J connectivity index is 1.38. The zero-order valence-corrected chi connectivity index (χ0v) is 28.3. The molecule has 0 spiro atoms. The number of aliphatic hydroxyl groups is 4. The molecule has 2 aromatic rings. The number of piperidine rings is 1. The third kappa shape index (κ3) is 9.68. The lowest BCUT2D eigenvalue weighted by Gasteiger charge is -2.47. The highest BCUT2D eigenvalue weighted by Crippen LogP contribution is 2.33. The van der Waals surface area contributed by atoms with Crippen LogP contribution in [0.15, 0.2) is 42.5 Å². The Hall–Kier alpha value is -4.04. The number of hydrogen-bond acceptors (Lipinski definition) is 17. The molecule has 0 radical (unpaired) electrons. The Labute approximate surface area is 298 Å². The molecule has 0 aromatic heterocycles. The van der Waals surface area contributed by atoms with Crippen LogP contribution in [0.4, 0.5) is 0 Å². The lowest BCUT2D eigenvalue weighted by Crippen LogP contribution is -2.65. The summed E-state index contributed by atoms with van der Waals surface area (Å²) in [6, 6.07) is 8.09. The van der Waals surface area contributed by atoms with Crippen molar-refractivity contribution in [3.8, 4) is 23.0 Å². The van der Waals surface area contributed by atoms with Crippen LogP contribution in [0.25, 0.3) is 6.08 Å². The molecule has 0 amide bonds. The molecule has 11 atom stereocenters. The Morgan fingerprint density at radius 3 is 2.29 bits per heavy atom. The molecular formula is C35H45NO16. The lowest BCUT2D eigenvalue weighted by molar-refractivity contribution is -0.358. The zero-order chi connectivity index (χ0) is 37.5. The summed E-state index contributed by atoms with van der Waals surface area (Å²) in [6.07, 6.45) is -11.4. The van der Waals surface area contributed by atoms with Gasteiger partial charge >= 0.3 is 11.9 Å². The second-order valence-electron chi connectivity index (χ2n) is 12.9. The third-order valence-corrected chi connectivity index (χ3v) is 9.11. The predicted molar refractivity (Wildman–Crippen MR) is 177 cm³/mol. The molecule has 286 valence electrons. The average molecular weight is 736 g/mol. The largest absolute Gasteiger partial charge is 0.504 e. The lowest BCUT2D eigenvalue weighted by atomic mass is 9.96. The summed E-state index contributed by atoms with van der Waals surface area (Å²) < 4.78 is 34.9. The SMILES string of the molecule is CC1O[C@@H](OC2[C@H](OC(=O)C3CCCNC3)C(COC(=O)/C=C/c3ccc(O)c(O)c3)O[C@@H](OCCc3ccc(O)c(O)c3)[C@H]2O)[C@@H](O)C(O)[C@@H]1O. The number of carbonyl (C=O) groups excluding carboxylic acids is 2. The van der Waals surface area contributed by atoms with E-state index in [1.54, 1.807) is 6.07 Å². The maximum absolute atomic E-state index is 13.4. The minimum absolute atomic E-state index is 0.101. The van der Waals surface area contributed by atoms with Crippen LogP contribution in [0.3, 0.4) is 0 Å². The van der Waals surface area contributed by atoms with Gasteiger partial charge in [0.25, 0.3) is 0 Å². The van der Waals surface area contributed by atoms with Crippen LogP contribution in [0.2, 0.25) is 0 Å². The van der Waals surface area contributed by atoms with Crippen molar-refractivity contribution in [3.05, 3.63) is 53.6 Å². The van der Waals surface area contributed by atoms with Gasteiger partial charge in [-0.2, -0.15) is 0 Å². The fourth-order valence-corrected chi connectivity index (χ4v) is 6.07. The van der Waals surface area contributed by atoms with Crippen LogP contribution in [-0.4, -0.2) is 141 Å². The molecule has 5 rings (SSSR count). The van der Waals surface area contributed by atoms with Gasteiger partial charge < -0.3 is 74.6 Å². The smallest absolute Gasteiger partial charge is 0.330 e. The molecule has 3 heterocycles. The number of rotatable bonds is 12. The summed E-state index contributed by atoms with van der Waals surface area (Å²) in [4.78, 5) is 26.3. The summed E-state index contributed by atoms with van der Waals surface area (Å²) in [5.74, 6) is -3.50. The van der Waals surface area contributed by atoms with Gasteiger partial charge in [0, 0.05) is 12.6 Å². The highest BCUT2D eigenvalue weighted by molar-refractivity contribution is 5.87. The molecule has 3 aliphatic heterocycles. The van der Waals surface area contributed by atoms with Crippen molar-refractivity contribution in [3.63, 3.8) is 0 Å². The van der Waals surface area contributed by atoms with Gasteiger partial charge in [-0.05, 0) is 74.2 Å². The molecular weight excluding hydrogens is 690 g/mol. The fourth-order valence-electron chi connectivity index (χ4n) is 6.07.